The van der Waals surface area contributed by atoms with Crippen molar-refractivity contribution in [2.24, 2.45) is 0 Å². The first-order chi connectivity index (χ1) is 8.19. The Labute approximate surface area is 102 Å². The molecular formula is C11H13F3N2O2. The molecule has 1 N–H and O–H groups in total. The van der Waals surface area contributed by atoms with Gasteiger partial charge in [-0.3, -0.25) is 5.32 Å². The number of hydrogen-bond donors (Lipinski definition) is 1. The summed E-state index contributed by atoms with van der Waals surface area (Å²) in [5, 5.41) is 2.15. The molecule has 1 rings (SSSR count). The van der Waals surface area contributed by atoms with E-state index in [9.17, 15) is 18.0 Å². The van der Waals surface area contributed by atoms with Crippen LogP contribution in [0.2, 0.25) is 0 Å². The molecule has 0 radical (unpaired) electrons. The van der Waals surface area contributed by atoms with E-state index < -0.39 is 29.5 Å². The van der Waals surface area contributed by atoms with E-state index in [0.717, 1.165) is 0 Å². The largest absolute Gasteiger partial charge is 0.444 e. The third-order valence-electron chi connectivity index (χ3n) is 1.75. The van der Waals surface area contributed by atoms with Crippen molar-refractivity contribution in [2.45, 2.75) is 32.8 Å². The van der Waals surface area contributed by atoms with Gasteiger partial charge in [-0.05, 0) is 20.8 Å². The van der Waals surface area contributed by atoms with Crippen LogP contribution >= 0.6 is 0 Å². The molecule has 0 aliphatic rings. The smallest absolute Gasteiger partial charge is 0.413 e. The van der Waals surface area contributed by atoms with Gasteiger partial charge in [0.25, 0.3) is 6.43 Å². The molecule has 1 aromatic rings. The van der Waals surface area contributed by atoms with Crippen molar-refractivity contribution in [2.75, 3.05) is 5.32 Å². The Morgan fingerprint density at radius 2 is 2.06 bits per heavy atom. The van der Waals surface area contributed by atoms with Crippen molar-refractivity contribution in [3.05, 3.63) is 23.6 Å². The highest BCUT2D eigenvalue weighted by molar-refractivity contribution is 5.83. The molecule has 0 aliphatic carbocycles. The van der Waals surface area contributed by atoms with Crippen molar-refractivity contribution in [3.8, 4) is 0 Å². The third-order valence-corrected chi connectivity index (χ3v) is 1.75. The number of carbonyl (C=O) groups excluding carboxylic acids is 1. The molecule has 0 unspecified atom stereocenters. The number of pyridine rings is 1. The standard InChI is InChI=1S/C11H13F3N2O2/c1-11(2,3)18-10(17)16-8-4-7(12)6(5-15-8)9(13)14/h4-5,9H,1-3H3,(H,15,16,17). The number of anilines is 1. The number of rotatable bonds is 2. The first-order valence-electron chi connectivity index (χ1n) is 5.12. The molecule has 0 saturated carbocycles. The lowest BCUT2D eigenvalue weighted by Crippen LogP contribution is -2.27. The van der Waals surface area contributed by atoms with Crippen molar-refractivity contribution in [1.82, 2.24) is 4.98 Å². The number of nitrogens with one attached hydrogen (secondary N) is 1. The van der Waals surface area contributed by atoms with Crippen molar-refractivity contribution >= 4 is 11.9 Å². The summed E-state index contributed by atoms with van der Waals surface area (Å²) in [7, 11) is 0. The minimum Gasteiger partial charge on any atom is -0.444 e. The second-order valence-electron chi connectivity index (χ2n) is 4.52. The first-order valence-corrected chi connectivity index (χ1v) is 5.12. The van der Waals surface area contributed by atoms with E-state index >= 15 is 0 Å². The number of amides is 1. The third kappa shape index (κ3) is 4.23. The summed E-state index contributed by atoms with van der Waals surface area (Å²) in [5.41, 5.74) is -1.53. The first kappa shape index (κ1) is 14.3. The molecule has 7 heteroatoms. The Kier molecular flexibility index (Phi) is 4.15. The fraction of sp³-hybridized carbons (Fsp3) is 0.455. The molecule has 1 amide bonds. The van der Waals surface area contributed by atoms with E-state index in [1.165, 1.54) is 0 Å². The van der Waals surface area contributed by atoms with Gasteiger partial charge in [0.15, 0.2) is 0 Å². The molecule has 0 bridgehead atoms. The molecule has 0 atom stereocenters. The zero-order chi connectivity index (χ0) is 13.9. The summed E-state index contributed by atoms with van der Waals surface area (Å²) in [6.07, 6.45) is -3.11. The van der Waals surface area contributed by atoms with Gasteiger partial charge in [-0.2, -0.15) is 0 Å². The fourth-order valence-corrected chi connectivity index (χ4v) is 1.08. The van der Waals surface area contributed by atoms with Crippen LogP contribution in [0.5, 0.6) is 0 Å². The maximum absolute atomic E-state index is 13.2. The molecule has 0 aromatic carbocycles. The quantitative estimate of drug-likeness (QED) is 0.887. The van der Waals surface area contributed by atoms with E-state index in [-0.39, 0.29) is 5.82 Å². The van der Waals surface area contributed by atoms with Crippen LogP contribution in [0.15, 0.2) is 12.3 Å². The Balaban J connectivity index is 2.75. The van der Waals surface area contributed by atoms with Gasteiger partial charge in [-0.15, -0.1) is 0 Å². The second kappa shape index (κ2) is 5.24. The summed E-state index contributed by atoms with van der Waals surface area (Å²) in [6.45, 7) is 4.96. The van der Waals surface area contributed by atoms with Crippen LogP contribution in [-0.2, 0) is 4.74 Å². The van der Waals surface area contributed by atoms with Crippen LogP contribution in [0.25, 0.3) is 0 Å². The summed E-state index contributed by atoms with van der Waals surface area (Å²) in [6, 6.07) is 0.714. The minimum absolute atomic E-state index is 0.189. The lowest BCUT2D eigenvalue weighted by Gasteiger charge is -2.19. The maximum atomic E-state index is 13.2. The van der Waals surface area contributed by atoms with E-state index in [1.54, 1.807) is 20.8 Å². The van der Waals surface area contributed by atoms with Crippen LogP contribution in [0.3, 0.4) is 0 Å². The highest BCUT2D eigenvalue weighted by Crippen LogP contribution is 2.22. The SMILES string of the molecule is CC(C)(C)OC(=O)Nc1cc(F)c(C(F)F)cn1. The van der Waals surface area contributed by atoms with E-state index in [0.29, 0.717) is 12.3 Å². The highest BCUT2D eigenvalue weighted by Gasteiger charge is 2.18. The van der Waals surface area contributed by atoms with Gasteiger partial charge in [-0.1, -0.05) is 0 Å². The molecule has 100 valence electrons. The van der Waals surface area contributed by atoms with E-state index in [2.05, 4.69) is 10.3 Å². The average Bonchev–Trinajstić information content (AvgIpc) is 2.13. The van der Waals surface area contributed by atoms with Gasteiger partial charge < -0.3 is 4.74 Å². The van der Waals surface area contributed by atoms with Gasteiger partial charge in [0.05, 0.1) is 5.56 Å². The zero-order valence-electron chi connectivity index (χ0n) is 10.1. The van der Waals surface area contributed by atoms with Gasteiger partial charge in [0.1, 0.15) is 17.2 Å². The number of nitrogens with zero attached hydrogens (tertiary/aromatic N) is 1. The van der Waals surface area contributed by atoms with E-state index in [1.807, 2.05) is 0 Å². The van der Waals surface area contributed by atoms with Gasteiger partial charge in [0, 0.05) is 12.3 Å². The molecule has 18 heavy (non-hydrogen) atoms. The summed E-state index contributed by atoms with van der Waals surface area (Å²) in [4.78, 5) is 14.8. The van der Waals surface area contributed by atoms with Crippen molar-refractivity contribution in [3.63, 3.8) is 0 Å². The minimum atomic E-state index is -2.95. The Morgan fingerprint density at radius 3 is 2.50 bits per heavy atom. The zero-order valence-corrected chi connectivity index (χ0v) is 10.1. The monoisotopic (exact) mass is 262 g/mol. The molecule has 1 aromatic heterocycles. The maximum Gasteiger partial charge on any atom is 0.413 e. The molecule has 0 aliphatic heterocycles. The molecule has 1 heterocycles. The average molecular weight is 262 g/mol. The van der Waals surface area contributed by atoms with Crippen LogP contribution in [0.4, 0.5) is 23.8 Å². The van der Waals surface area contributed by atoms with Crippen LogP contribution in [0.1, 0.15) is 32.8 Å². The number of alkyl halides is 2. The highest BCUT2D eigenvalue weighted by atomic mass is 19.3. The Bertz CT molecular complexity index is 444. The topological polar surface area (TPSA) is 51.2 Å². The number of aromatic nitrogens is 1. The van der Waals surface area contributed by atoms with Crippen molar-refractivity contribution < 1.29 is 22.7 Å². The number of carbonyl (C=O) groups is 1. The van der Waals surface area contributed by atoms with Crippen LogP contribution < -0.4 is 5.32 Å². The van der Waals surface area contributed by atoms with Gasteiger partial charge in [-0.25, -0.2) is 22.9 Å². The van der Waals surface area contributed by atoms with Gasteiger partial charge in [0.2, 0.25) is 0 Å². The summed E-state index contributed by atoms with van der Waals surface area (Å²) in [5.74, 6) is -1.32. The molecule has 0 saturated heterocycles. The molecule has 0 fully saturated rings. The fourth-order valence-electron chi connectivity index (χ4n) is 1.08. The Morgan fingerprint density at radius 1 is 1.44 bits per heavy atom. The van der Waals surface area contributed by atoms with Crippen LogP contribution in [0, 0.1) is 5.82 Å². The molecule has 0 spiro atoms. The predicted octanol–water partition coefficient (Wildman–Crippen LogP) is 3.51. The number of hydrogen-bond acceptors (Lipinski definition) is 3. The molecular weight excluding hydrogens is 249 g/mol. The van der Waals surface area contributed by atoms with E-state index in [4.69, 9.17) is 4.74 Å². The summed E-state index contributed by atoms with van der Waals surface area (Å²) < 4.78 is 42.6. The number of halogens is 3. The predicted molar refractivity (Wildman–Crippen MR) is 59.0 cm³/mol. The molecule has 4 nitrogen and oxygen atoms in total. The summed E-state index contributed by atoms with van der Waals surface area (Å²) >= 11 is 0. The van der Waals surface area contributed by atoms with Crippen molar-refractivity contribution in [1.29, 1.82) is 0 Å². The normalized spacial score (nSPS) is 11.5. The van der Waals surface area contributed by atoms with Crippen LogP contribution in [-0.4, -0.2) is 16.7 Å². The van der Waals surface area contributed by atoms with Gasteiger partial charge >= 0.3 is 6.09 Å². The lowest BCUT2D eigenvalue weighted by molar-refractivity contribution is 0.0635. The second-order valence-corrected chi connectivity index (χ2v) is 4.52. The lowest BCUT2D eigenvalue weighted by atomic mass is 10.2. The Hall–Kier alpha value is -1.79. The number of ether oxygens (including phenoxy) is 1.